The van der Waals surface area contributed by atoms with Gasteiger partial charge in [0, 0.05) is 18.0 Å². The van der Waals surface area contributed by atoms with Crippen molar-refractivity contribution in [3.63, 3.8) is 0 Å². The molecule has 1 saturated heterocycles. The molecule has 1 N–H and O–H groups in total. The molecular weight excluding hydrogens is 396 g/mol. The number of morpholine rings is 1. The largest absolute Gasteiger partial charge is 0.378 e. The highest BCUT2D eigenvalue weighted by Crippen LogP contribution is 2.40. The van der Waals surface area contributed by atoms with Gasteiger partial charge in [-0.05, 0) is 23.6 Å². The Bertz CT molecular complexity index is 1030. The molecule has 0 spiro atoms. The molecule has 6 heteroatoms. The van der Waals surface area contributed by atoms with E-state index >= 15 is 0 Å². The van der Waals surface area contributed by atoms with E-state index in [4.69, 9.17) is 4.74 Å². The smallest absolute Gasteiger partial charge is 0.257 e. The fourth-order valence-electron chi connectivity index (χ4n) is 3.60. The number of thiophene rings is 1. The maximum absolute atomic E-state index is 13.4. The van der Waals surface area contributed by atoms with E-state index < -0.39 is 0 Å². The Morgan fingerprint density at radius 3 is 2.30 bits per heavy atom. The molecule has 154 valence electrons. The van der Waals surface area contributed by atoms with Crippen LogP contribution >= 0.6 is 11.3 Å². The van der Waals surface area contributed by atoms with Gasteiger partial charge in [0.05, 0.1) is 25.2 Å². The number of nitrogens with one attached hydrogen (secondary N) is 1. The van der Waals surface area contributed by atoms with E-state index in [2.05, 4.69) is 5.32 Å². The summed E-state index contributed by atoms with van der Waals surface area (Å²) in [5.41, 5.74) is 3.46. The number of nitrogens with zero attached hydrogens (tertiary/aromatic N) is 1. The summed E-state index contributed by atoms with van der Waals surface area (Å²) in [7, 11) is 0. The first-order chi connectivity index (χ1) is 14.6. The van der Waals surface area contributed by atoms with Gasteiger partial charge in [0.25, 0.3) is 5.91 Å². The third-order valence-corrected chi connectivity index (χ3v) is 6.41. The summed E-state index contributed by atoms with van der Waals surface area (Å²) in [6.07, 6.45) is 0.268. The van der Waals surface area contributed by atoms with E-state index in [0.29, 0.717) is 36.9 Å². The molecule has 1 fully saturated rings. The molecule has 0 unspecified atom stereocenters. The summed E-state index contributed by atoms with van der Waals surface area (Å²) in [6.45, 7) is 4.16. The minimum absolute atomic E-state index is 0.0516. The lowest BCUT2D eigenvalue weighted by atomic mass is 10.1. The van der Waals surface area contributed by atoms with Crippen molar-refractivity contribution in [3.8, 4) is 10.4 Å². The normalized spacial score (nSPS) is 13.8. The molecule has 30 heavy (non-hydrogen) atoms. The first-order valence-electron chi connectivity index (χ1n) is 10.0. The summed E-state index contributed by atoms with van der Waals surface area (Å²) in [6, 6.07) is 19.6. The second kappa shape index (κ2) is 9.24. The molecule has 0 saturated carbocycles. The second-order valence-corrected chi connectivity index (χ2v) is 8.26. The average Bonchev–Trinajstić information content (AvgIpc) is 3.10. The predicted molar refractivity (Wildman–Crippen MR) is 120 cm³/mol. The Morgan fingerprint density at radius 2 is 1.63 bits per heavy atom. The standard InChI is InChI=1S/C24H24N2O3S/c1-17-21(24(28)26-12-14-29-15-13-26)23(30-22(17)19-10-6-3-7-11-19)25-20(27)16-18-8-4-2-5-9-18/h2-11H,12-16H2,1H3,(H,25,27). The summed E-state index contributed by atoms with van der Waals surface area (Å²) >= 11 is 1.46. The summed E-state index contributed by atoms with van der Waals surface area (Å²) in [4.78, 5) is 28.9. The van der Waals surface area contributed by atoms with E-state index in [9.17, 15) is 9.59 Å². The topological polar surface area (TPSA) is 58.6 Å². The van der Waals surface area contributed by atoms with Crippen molar-refractivity contribution in [1.29, 1.82) is 0 Å². The number of anilines is 1. The van der Waals surface area contributed by atoms with Crippen molar-refractivity contribution in [2.75, 3.05) is 31.6 Å². The molecule has 2 heterocycles. The molecule has 0 aliphatic carbocycles. The van der Waals surface area contributed by atoms with Crippen LogP contribution in [0.4, 0.5) is 5.00 Å². The Balaban J connectivity index is 1.66. The van der Waals surface area contributed by atoms with Crippen molar-refractivity contribution >= 4 is 28.2 Å². The third kappa shape index (κ3) is 4.45. The molecule has 0 atom stereocenters. The zero-order chi connectivity index (χ0) is 20.9. The molecule has 0 bridgehead atoms. The van der Waals surface area contributed by atoms with Crippen LogP contribution in [0.2, 0.25) is 0 Å². The fourth-order valence-corrected chi connectivity index (χ4v) is 4.82. The van der Waals surface area contributed by atoms with Crippen LogP contribution in [0.1, 0.15) is 21.5 Å². The van der Waals surface area contributed by atoms with Crippen LogP contribution < -0.4 is 5.32 Å². The number of rotatable bonds is 5. The lowest BCUT2D eigenvalue weighted by molar-refractivity contribution is -0.115. The van der Waals surface area contributed by atoms with Crippen LogP contribution in [0.5, 0.6) is 0 Å². The Hall–Kier alpha value is -2.96. The van der Waals surface area contributed by atoms with Crippen molar-refractivity contribution in [3.05, 3.63) is 77.4 Å². The van der Waals surface area contributed by atoms with E-state index in [1.54, 1.807) is 4.90 Å². The molecule has 1 aliphatic rings. The van der Waals surface area contributed by atoms with E-state index in [1.807, 2.05) is 67.6 Å². The van der Waals surface area contributed by atoms with Crippen LogP contribution in [0.15, 0.2) is 60.7 Å². The summed E-state index contributed by atoms with van der Waals surface area (Å²) in [5, 5.41) is 3.63. The van der Waals surface area contributed by atoms with Gasteiger partial charge in [-0.2, -0.15) is 0 Å². The average molecular weight is 421 g/mol. The molecule has 4 rings (SSSR count). The Kier molecular flexibility index (Phi) is 6.26. The fraction of sp³-hybridized carbons (Fsp3) is 0.250. The molecule has 5 nitrogen and oxygen atoms in total. The van der Waals surface area contributed by atoms with Crippen molar-refractivity contribution in [2.24, 2.45) is 0 Å². The maximum atomic E-state index is 13.4. The van der Waals surface area contributed by atoms with Gasteiger partial charge in [0.15, 0.2) is 0 Å². The monoisotopic (exact) mass is 420 g/mol. The predicted octanol–water partition coefficient (Wildman–Crippen LogP) is 4.38. The van der Waals surface area contributed by atoms with E-state index in [0.717, 1.165) is 21.6 Å². The highest BCUT2D eigenvalue weighted by molar-refractivity contribution is 7.20. The molecule has 1 aliphatic heterocycles. The van der Waals surface area contributed by atoms with Crippen LogP contribution in [-0.4, -0.2) is 43.0 Å². The number of carbonyl (C=O) groups is 2. The molecule has 3 aromatic rings. The first-order valence-corrected chi connectivity index (χ1v) is 10.8. The first kappa shape index (κ1) is 20.3. The number of hydrogen-bond donors (Lipinski definition) is 1. The van der Waals surface area contributed by atoms with Gasteiger partial charge in [-0.3, -0.25) is 9.59 Å². The van der Waals surface area contributed by atoms with Gasteiger partial charge in [-0.15, -0.1) is 11.3 Å². The van der Waals surface area contributed by atoms with Crippen molar-refractivity contribution < 1.29 is 14.3 Å². The number of hydrogen-bond acceptors (Lipinski definition) is 4. The summed E-state index contributed by atoms with van der Waals surface area (Å²) in [5.74, 6) is -0.178. The maximum Gasteiger partial charge on any atom is 0.257 e. The van der Waals surface area contributed by atoms with Gasteiger partial charge < -0.3 is 15.0 Å². The molecule has 1 aromatic heterocycles. The third-order valence-electron chi connectivity index (χ3n) is 5.16. The Labute approximate surface area is 180 Å². The van der Waals surface area contributed by atoms with E-state index in [-0.39, 0.29) is 18.2 Å². The minimum Gasteiger partial charge on any atom is -0.378 e. The van der Waals surface area contributed by atoms with Crippen molar-refractivity contribution in [1.82, 2.24) is 4.90 Å². The highest BCUT2D eigenvalue weighted by Gasteiger charge is 2.27. The zero-order valence-electron chi connectivity index (χ0n) is 16.9. The zero-order valence-corrected chi connectivity index (χ0v) is 17.7. The molecule has 0 radical (unpaired) electrons. The van der Waals surface area contributed by atoms with Gasteiger partial charge >= 0.3 is 0 Å². The quantitative estimate of drug-likeness (QED) is 0.667. The molecular formula is C24H24N2O3S. The molecule has 2 aromatic carbocycles. The van der Waals surface area contributed by atoms with Crippen molar-refractivity contribution in [2.45, 2.75) is 13.3 Å². The van der Waals surface area contributed by atoms with Gasteiger partial charge in [0.2, 0.25) is 5.91 Å². The lowest BCUT2D eigenvalue weighted by Gasteiger charge is -2.27. The number of ether oxygens (including phenoxy) is 1. The van der Waals surface area contributed by atoms with Crippen LogP contribution in [0.25, 0.3) is 10.4 Å². The number of amides is 2. The van der Waals surface area contributed by atoms with Crippen LogP contribution in [-0.2, 0) is 16.0 Å². The molecule has 2 amide bonds. The number of benzene rings is 2. The van der Waals surface area contributed by atoms with Crippen LogP contribution in [0, 0.1) is 6.92 Å². The second-order valence-electron chi connectivity index (χ2n) is 7.24. The minimum atomic E-state index is -0.127. The SMILES string of the molecule is Cc1c(-c2ccccc2)sc(NC(=O)Cc2ccccc2)c1C(=O)N1CCOCC1. The Morgan fingerprint density at radius 1 is 1.00 bits per heavy atom. The van der Waals surface area contributed by atoms with Gasteiger partial charge in [0.1, 0.15) is 5.00 Å². The summed E-state index contributed by atoms with van der Waals surface area (Å²) < 4.78 is 5.39. The number of carbonyl (C=O) groups excluding carboxylic acids is 2. The van der Waals surface area contributed by atoms with Crippen LogP contribution in [0.3, 0.4) is 0 Å². The van der Waals surface area contributed by atoms with Gasteiger partial charge in [-0.1, -0.05) is 60.7 Å². The lowest BCUT2D eigenvalue weighted by Crippen LogP contribution is -2.41. The van der Waals surface area contributed by atoms with E-state index in [1.165, 1.54) is 11.3 Å². The highest BCUT2D eigenvalue weighted by atomic mass is 32.1. The van der Waals surface area contributed by atoms with Gasteiger partial charge in [-0.25, -0.2) is 0 Å².